The summed E-state index contributed by atoms with van der Waals surface area (Å²) in [6.45, 7) is 1.10. The second kappa shape index (κ2) is 4.75. The summed E-state index contributed by atoms with van der Waals surface area (Å²) in [5.41, 5.74) is 0.815. The Bertz CT molecular complexity index is 410. The van der Waals surface area contributed by atoms with Gasteiger partial charge in [0.25, 0.3) is 0 Å². The van der Waals surface area contributed by atoms with Gasteiger partial charge in [0.15, 0.2) is 0 Å². The SMILES string of the molecule is COC(=O)CC1(c2cccc(OC)c2)COC1. The third-order valence-electron chi connectivity index (χ3n) is 3.15. The van der Waals surface area contributed by atoms with E-state index in [-0.39, 0.29) is 11.4 Å². The third kappa shape index (κ3) is 2.26. The van der Waals surface area contributed by atoms with Gasteiger partial charge in [-0.1, -0.05) is 12.1 Å². The van der Waals surface area contributed by atoms with Gasteiger partial charge in [0.05, 0.1) is 39.3 Å². The van der Waals surface area contributed by atoms with E-state index in [1.54, 1.807) is 7.11 Å². The molecule has 0 aromatic heterocycles. The minimum absolute atomic E-state index is 0.212. The van der Waals surface area contributed by atoms with Gasteiger partial charge in [-0.15, -0.1) is 0 Å². The Labute approximate surface area is 100 Å². The van der Waals surface area contributed by atoms with Crippen molar-refractivity contribution in [2.75, 3.05) is 27.4 Å². The third-order valence-corrected chi connectivity index (χ3v) is 3.15. The molecule has 1 aromatic rings. The van der Waals surface area contributed by atoms with Gasteiger partial charge in [-0.25, -0.2) is 0 Å². The molecule has 1 saturated heterocycles. The van der Waals surface area contributed by atoms with Crippen LogP contribution in [0.2, 0.25) is 0 Å². The molecule has 1 aromatic carbocycles. The Kier molecular flexibility index (Phi) is 3.33. The predicted molar refractivity (Wildman–Crippen MR) is 62.1 cm³/mol. The maximum atomic E-state index is 11.4. The standard InChI is InChI=1S/C13H16O4/c1-15-11-5-3-4-10(6-11)13(8-17-9-13)7-12(14)16-2/h3-6H,7-9H2,1-2H3. The molecular weight excluding hydrogens is 220 g/mol. The summed E-state index contributed by atoms with van der Waals surface area (Å²) in [4.78, 5) is 11.4. The number of rotatable bonds is 4. The highest BCUT2D eigenvalue weighted by Gasteiger charge is 2.42. The van der Waals surface area contributed by atoms with Crippen LogP contribution in [0.4, 0.5) is 0 Å². The van der Waals surface area contributed by atoms with E-state index in [0.29, 0.717) is 19.6 Å². The van der Waals surface area contributed by atoms with Gasteiger partial charge < -0.3 is 14.2 Å². The summed E-state index contributed by atoms with van der Waals surface area (Å²) in [5.74, 6) is 0.578. The molecule has 0 spiro atoms. The molecular formula is C13H16O4. The number of benzene rings is 1. The topological polar surface area (TPSA) is 44.8 Å². The van der Waals surface area contributed by atoms with Crippen LogP contribution in [-0.4, -0.2) is 33.4 Å². The van der Waals surface area contributed by atoms with Crippen LogP contribution in [0.15, 0.2) is 24.3 Å². The van der Waals surface area contributed by atoms with Crippen LogP contribution in [0.3, 0.4) is 0 Å². The zero-order valence-electron chi connectivity index (χ0n) is 10.1. The van der Waals surface area contributed by atoms with E-state index in [2.05, 4.69) is 0 Å². The zero-order valence-corrected chi connectivity index (χ0v) is 10.1. The minimum atomic E-state index is -0.248. The van der Waals surface area contributed by atoms with Gasteiger partial charge >= 0.3 is 5.97 Å². The fraction of sp³-hybridized carbons (Fsp3) is 0.462. The summed E-state index contributed by atoms with van der Waals surface area (Å²) in [5, 5.41) is 0. The van der Waals surface area contributed by atoms with Crippen LogP contribution in [0, 0.1) is 0 Å². The molecule has 0 unspecified atom stereocenters. The largest absolute Gasteiger partial charge is 0.497 e. The lowest BCUT2D eigenvalue weighted by Gasteiger charge is -2.41. The van der Waals surface area contributed by atoms with Gasteiger partial charge in [-0.3, -0.25) is 4.79 Å². The van der Waals surface area contributed by atoms with Crippen molar-refractivity contribution >= 4 is 5.97 Å². The number of hydrogen-bond donors (Lipinski definition) is 0. The summed E-state index contributed by atoms with van der Waals surface area (Å²) in [6.07, 6.45) is 0.344. The van der Waals surface area contributed by atoms with Crippen molar-refractivity contribution in [1.29, 1.82) is 0 Å². The minimum Gasteiger partial charge on any atom is -0.497 e. The van der Waals surface area contributed by atoms with E-state index in [1.165, 1.54) is 7.11 Å². The molecule has 1 aliphatic heterocycles. The van der Waals surface area contributed by atoms with Crippen LogP contribution in [0.1, 0.15) is 12.0 Å². The van der Waals surface area contributed by atoms with Crippen molar-refractivity contribution < 1.29 is 19.0 Å². The lowest BCUT2D eigenvalue weighted by Crippen LogP contribution is -2.48. The van der Waals surface area contributed by atoms with Crippen molar-refractivity contribution in [3.05, 3.63) is 29.8 Å². The molecule has 17 heavy (non-hydrogen) atoms. The Morgan fingerprint density at radius 2 is 2.18 bits per heavy atom. The summed E-state index contributed by atoms with van der Waals surface area (Å²) >= 11 is 0. The van der Waals surface area contributed by atoms with Crippen molar-refractivity contribution in [2.45, 2.75) is 11.8 Å². The van der Waals surface area contributed by atoms with E-state index in [9.17, 15) is 4.79 Å². The highest BCUT2D eigenvalue weighted by molar-refractivity contribution is 5.71. The fourth-order valence-electron chi connectivity index (χ4n) is 2.02. The normalized spacial score (nSPS) is 17.1. The monoisotopic (exact) mass is 236 g/mol. The molecule has 0 radical (unpaired) electrons. The van der Waals surface area contributed by atoms with Gasteiger partial charge in [0.2, 0.25) is 0 Å². The van der Waals surface area contributed by atoms with E-state index in [0.717, 1.165) is 11.3 Å². The predicted octanol–water partition coefficient (Wildman–Crippen LogP) is 1.53. The lowest BCUT2D eigenvalue weighted by atomic mass is 9.76. The molecule has 1 aliphatic rings. The van der Waals surface area contributed by atoms with E-state index in [1.807, 2.05) is 24.3 Å². The van der Waals surface area contributed by atoms with Crippen LogP contribution in [-0.2, 0) is 19.7 Å². The van der Waals surface area contributed by atoms with Gasteiger partial charge in [-0.05, 0) is 17.7 Å². The zero-order chi connectivity index (χ0) is 12.3. The first-order chi connectivity index (χ1) is 8.20. The van der Waals surface area contributed by atoms with E-state index >= 15 is 0 Å². The van der Waals surface area contributed by atoms with Crippen LogP contribution >= 0.6 is 0 Å². The summed E-state index contributed by atoms with van der Waals surface area (Å²) in [7, 11) is 3.03. The first kappa shape index (κ1) is 11.9. The quantitative estimate of drug-likeness (QED) is 0.744. The Balaban J connectivity index is 2.24. The first-order valence-electron chi connectivity index (χ1n) is 5.49. The molecule has 1 heterocycles. The molecule has 2 rings (SSSR count). The van der Waals surface area contributed by atoms with Crippen molar-refractivity contribution in [1.82, 2.24) is 0 Å². The molecule has 0 N–H and O–H groups in total. The summed E-state index contributed by atoms with van der Waals surface area (Å²) in [6, 6.07) is 7.75. The molecule has 0 aliphatic carbocycles. The smallest absolute Gasteiger partial charge is 0.306 e. The first-order valence-corrected chi connectivity index (χ1v) is 5.49. The van der Waals surface area contributed by atoms with Crippen LogP contribution < -0.4 is 4.74 Å². The Morgan fingerprint density at radius 3 is 2.71 bits per heavy atom. The Hall–Kier alpha value is -1.55. The summed E-state index contributed by atoms with van der Waals surface area (Å²) < 4.78 is 15.2. The van der Waals surface area contributed by atoms with E-state index in [4.69, 9.17) is 14.2 Å². The number of carbonyl (C=O) groups excluding carboxylic acids is 1. The van der Waals surface area contributed by atoms with Gasteiger partial charge in [-0.2, -0.15) is 0 Å². The van der Waals surface area contributed by atoms with Crippen molar-refractivity contribution in [3.8, 4) is 5.75 Å². The molecule has 0 saturated carbocycles. The molecule has 0 amide bonds. The molecule has 92 valence electrons. The molecule has 4 nitrogen and oxygen atoms in total. The average Bonchev–Trinajstić information content (AvgIpc) is 2.33. The number of ether oxygens (including phenoxy) is 3. The lowest BCUT2D eigenvalue weighted by molar-refractivity contribution is -0.148. The molecule has 4 heteroatoms. The highest BCUT2D eigenvalue weighted by atomic mass is 16.5. The van der Waals surface area contributed by atoms with E-state index < -0.39 is 0 Å². The molecule has 0 atom stereocenters. The number of methoxy groups -OCH3 is 2. The number of hydrogen-bond acceptors (Lipinski definition) is 4. The molecule has 1 fully saturated rings. The van der Waals surface area contributed by atoms with Crippen molar-refractivity contribution in [3.63, 3.8) is 0 Å². The van der Waals surface area contributed by atoms with Gasteiger partial charge in [0, 0.05) is 0 Å². The van der Waals surface area contributed by atoms with Gasteiger partial charge in [0.1, 0.15) is 5.75 Å². The van der Waals surface area contributed by atoms with Crippen LogP contribution in [0.25, 0.3) is 0 Å². The van der Waals surface area contributed by atoms with Crippen LogP contribution in [0.5, 0.6) is 5.75 Å². The second-order valence-electron chi connectivity index (χ2n) is 4.26. The maximum absolute atomic E-state index is 11.4. The average molecular weight is 236 g/mol. The number of esters is 1. The highest BCUT2D eigenvalue weighted by Crippen LogP contribution is 2.37. The Morgan fingerprint density at radius 1 is 1.41 bits per heavy atom. The molecule has 0 bridgehead atoms. The number of carbonyl (C=O) groups is 1. The maximum Gasteiger partial charge on any atom is 0.306 e. The van der Waals surface area contributed by atoms with Crippen molar-refractivity contribution in [2.24, 2.45) is 0 Å². The second-order valence-corrected chi connectivity index (χ2v) is 4.26. The fourth-order valence-corrected chi connectivity index (χ4v) is 2.02.